The Morgan fingerprint density at radius 3 is 2.81 bits per heavy atom. The van der Waals surface area contributed by atoms with E-state index in [0.717, 1.165) is 31.1 Å². The summed E-state index contributed by atoms with van der Waals surface area (Å²) in [7, 11) is 0. The smallest absolute Gasteiger partial charge is 0.137 e. The normalized spacial score (nSPS) is 17.9. The molecule has 1 aliphatic rings. The van der Waals surface area contributed by atoms with Gasteiger partial charge in [0.05, 0.1) is 11.7 Å². The van der Waals surface area contributed by atoms with Crippen LogP contribution in [-0.2, 0) is 13.2 Å². The average molecular weight is 349 g/mol. The Kier molecular flexibility index (Phi) is 5.21. The van der Waals surface area contributed by atoms with Gasteiger partial charge in [-0.25, -0.2) is 9.67 Å². The zero-order valence-corrected chi connectivity index (χ0v) is 14.7. The van der Waals surface area contributed by atoms with Gasteiger partial charge < -0.3 is 4.74 Å². The first-order chi connectivity index (χ1) is 12.9. The van der Waals surface area contributed by atoms with E-state index in [1.165, 1.54) is 18.4 Å². The van der Waals surface area contributed by atoms with Crippen molar-refractivity contribution in [1.29, 1.82) is 0 Å². The standard InChI is InChI=1S/C20H23N5O/c1-2-10-22-18(4-1)14-26-20-8-6-17(7-9-20)12-24-11-3-5-19(13-24)25-16-21-15-23-25/h1-2,4,6-10,15-16,19H,3,5,11-14H2. The summed E-state index contributed by atoms with van der Waals surface area (Å²) in [6, 6.07) is 14.6. The summed E-state index contributed by atoms with van der Waals surface area (Å²) >= 11 is 0. The second-order valence-electron chi connectivity index (χ2n) is 6.66. The van der Waals surface area contributed by atoms with Gasteiger partial charge in [0.2, 0.25) is 0 Å². The zero-order valence-electron chi connectivity index (χ0n) is 14.7. The molecule has 0 radical (unpaired) electrons. The molecule has 6 heteroatoms. The maximum Gasteiger partial charge on any atom is 0.137 e. The number of likely N-dealkylation sites (tertiary alicyclic amines) is 1. The molecule has 1 unspecified atom stereocenters. The highest BCUT2D eigenvalue weighted by Gasteiger charge is 2.21. The number of pyridine rings is 1. The number of hydrogen-bond acceptors (Lipinski definition) is 5. The van der Waals surface area contributed by atoms with Crippen LogP contribution in [0.25, 0.3) is 0 Å². The van der Waals surface area contributed by atoms with Gasteiger partial charge in [-0.3, -0.25) is 9.88 Å². The molecule has 0 saturated carbocycles. The van der Waals surface area contributed by atoms with Crippen LogP contribution in [0, 0.1) is 0 Å². The van der Waals surface area contributed by atoms with Crippen molar-refractivity contribution in [2.45, 2.75) is 32.0 Å². The molecule has 1 atom stereocenters. The minimum atomic E-state index is 0.423. The molecule has 4 rings (SSSR count). The van der Waals surface area contributed by atoms with Crippen molar-refractivity contribution in [3.8, 4) is 5.75 Å². The van der Waals surface area contributed by atoms with Gasteiger partial charge >= 0.3 is 0 Å². The van der Waals surface area contributed by atoms with E-state index in [4.69, 9.17) is 4.74 Å². The molecule has 3 aromatic rings. The van der Waals surface area contributed by atoms with E-state index < -0.39 is 0 Å². The molecule has 6 nitrogen and oxygen atoms in total. The van der Waals surface area contributed by atoms with Crippen LogP contribution in [-0.4, -0.2) is 37.7 Å². The van der Waals surface area contributed by atoms with Crippen molar-refractivity contribution in [1.82, 2.24) is 24.6 Å². The fraction of sp³-hybridized carbons (Fsp3) is 0.350. The molecule has 0 bridgehead atoms. The summed E-state index contributed by atoms with van der Waals surface area (Å²) in [5.74, 6) is 0.874. The number of piperidine rings is 1. The van der Waals surface area contributed by atoms with Gasteiger partial charge in [0.25, 0.3) is 0 Å². The molecule has 134 valence electrons. The minimum absolute atomic E-state index is 0.423. The topological polar surface area (TPSA) is 56.1 Å². The third kappa shape index (κ3) is 4.26. The van der Waals surface area contributed by atoms with Crippen molar-refractivity contribution >= 4 is 0 Å². The summed E-state index contributed by atoms with van der Waals surface area (Å²) < 4.78 is 7.80. The van der Waals surface area contributed by atoms with Gasteiger partial charge in [-0.1, -0.05) is 18.2 Å². The molecular weight excluding hydrogens is 326 g/mol. The van der Waals surface area contributed by atoms with E-state index in [9.17, 15) is 0 Å². The van der Waals surface area contributed by atoms with Gasteiger partial charge in [-0.2, -0.15) is 5.10 Å². The highest BCUT2D eigenvalue weighted by atomic mass is 16.5. The summed E-state index contributed by atoms with van der Waals surface area (Å²) in [4.78, 5) is 10.8. The summed E-state index contributed by atoms with van der Waals surface area (Å²) in [5, 5.41) is 4.30. The highest BCUT2D eigenvalue weighted by molar-refractivity contribution is 5.27. The molecule has 1 fully saturated rings. The zero-order chi connectivity index (χ0) is 17.6. The number of aromatic nitrogens is 4. The van der Waals surface area contributed by atoms with E-state index >= 15 is 0 Å². The lowest BCUT2D eigenvalue weighted by atomic mass is 10.0. The Hall–Kier alpha value is -2.73. The van der Waals surface area contributed by atoms with Crippen molar-refractivity contribution in [3.63, 3.8) is 0 Å². The minimum Gasteiger partial charge on any atom is -0.487 e. The number of ether oxygens (including phenoxy) is 1. The quantitative estimate of drug-likeness (QED) is 0.684. The fourth-order valence-corrected chi connectivity index (χ4v) is 3.39. The summed E-state index contributed by atoms with van der Waals surface area (Å²) in [6.45, 7) is 3.59. The highest BCUT2D eigenvalue weighted by Crippen LogP contribution is 2.22. The van der Waals surface area contributed by atoms with Gasteiger partial charge in [-0.15, -0.1) is 0 Å². The van der Waals surface area contributed by atoms with Crippen LogP contribution < -0.4 is 4.74 Å². The van der Waals surface area contributed by atoms with Crippen molar-refractivity contribution < 1.29 is 4.74 Å². The Balaban J connectivity index is 1.31. The Morgan fingerprint density at radius 2 is 2.04 bits per heavy atom. The molecular formula is C20H23N5O. The van der Waals surface area contributed by atoms with Crippen LogP contribution in [0.5, 0.6) is 5.75 Å². The summed E-state index contributed by atoms with van der Waals surface area (Å²) in [5.41, 5.74) is 2.23. The Labute approximate surface area is 153 Å². The van der Waals surface area contributed by atoms with Gasteiger partial charge in [0, 0.05) is 19.3 Å². The molecule has 1 aliphatic heterocycles. The predicted molar refractivity (Wildman–Crippen MR) is 98.6 cm³/mol. The first kappa shape index (κ1) is 16.7. The molecule has 0 amide bonds. The third-order valence-electron chi connectivity index (χ3n) is 4.73. The third-order valence-corrected chi connectivity index (χ3v) is 4.73. The van der Waals surface area contributed by atoms with Crippen LogP contribution in [0.15, 0.2) is 61.3 Å². The maximum absolute atomic E-state index is 5.81. The van der Waals surface area contributed by atoms with E-state index in [2.05, 4.69) is 32.1 Å². The lowest BCUT2D eigenvalue weighted by Crippen LogP contribution is -2.36. The average Bonchev–Trinajstić information content (AvgIpc) is 3.23. The number of nitrogens with zero attached hydrogens (tertiary/aromatic N) is 5. The van der Waals surface area contributed by atoms with E-state index in [1.54, 1.807) is 12.5 Å². The van der Waals surface area contributed by atoms with Crippen molar-refractivity contribution in [2.24, 2.45) is 0 Å². The maximum atomic E-state index is 5.81. The van der Waals surface area contributed by atoms with Crippen LogP contribution in [0.4, 0.5) is 0 Å². The summed E-state index contributed by atoms with van der Waals surface area (Å²) in [6.07, 6.45) is 7.58. The van der Waals surface area contributed by atoms with Gasteiger partial charge in [0.15, 0.2) is 0 Å². The molecule has 0 N–H and O–H groups in total. The monoisotopic (exact) mass is 349 g/mol. The van der Waals surface area contributed by atoms with E-state index in [-0.39, 0.29) is 0 Å². The molecule has 26 heavy (non-hydrogen) atoms. The number of benzene rings is 1. The van der Waals surface area contributed by atoms with E-state index in [1.807, 2.05) is 41.3 Å². The predicted octanol–water partition coefficient (Wildman–Crippen LogP) is 3.09. The molecule has 0 spiro atoms. The molecule has 0 aliphatic carbocycles. The van der Waals surface area contributed by atoms with Crippen molar-refractivity contribution in [2.75, 3.05) is 13.1 Å². The molecule has 1 saturated heterocycles. The largest absolute Gasteiger partial charge is 0.487 e. The van der Waals surface area contributed by atoms with Crippen LogP contribution >= 0.6 is 0 Å². The van der Waals surface area contributed by atoms with Gasteiger partial charge in [0.1, 0.15) is 25.0 Å². The second kappa shape index (κ2) is 8.10. The van der Waals surface area contributed by atoms with Crippen molar-refractivity contribution in [3.05, 3.63) is 72.6 Å². The fourth-order valence-electron chi connectivity index (χ4n) is 3.39. The Bertz CT molecular complexity index is 789. The van der Waals surface area contributed by atoms with Gasteiger partial charge in [-0.05, 0) is 49.2 Å². The van der Waals surface area contributed by atoms with E-state index in [0.29, 0.717) is 12.6 Å². The van der Waals surface area contributed by atoms with Crippen LogP contribution in [0.1, 0.15) is 30.1 Å². The SMILES string of the molecule is c1ccc(COc2ccc(CN3CCCC(n4cncn4)C3)cc2)nc1. The van der Waals surface area contributed by atoms with Crippen LogP contribution in [0.3, 0.4) is 0 Å². The second-order valence-corrected chi connectivity index (χ2v) is 6.66. The Morgan fingerprint density at radius 1 is 1.12 bits per heavy atom. The number of hydrogen-bond donors (Lipinski definition) is 0. The number of rotatable bonds is 6. The van der Waals surface area contributed by atoms with Crippen LogP contribution in [0.2, 0.25) is 0 Å². The lowest BCUT2D eigenvalue weighted by Gasteiger charge is -2.32. The first-order valence-electron chi connectivity index (χ1n) is 9.05. The lowest BCUT2D eigenvalue weighted by molar-refractivity contribution is 0.163. The molecule has 3 heterocycles. The molecule has 1 aromatic carbocycles. The first-order valence-corrected chi connectivity index (χ1v) is 9.05. The molecule has 2 aromatic heterocycles.